The topological polar surface area (TPSA) is 79.2 Å². The van der Waals surface area contributed by atoms with Crippen molar-refractivity contribution in [2.24, 2.45) is 7.05 Å². The van der Waals surface area contributed by atoms with E-state index < -0.39 is 0 Å². The molecule has 1 aliphatic rings. The van der Waals surface area contributed by atoms with Crippen LogP contribution in [0.25, 0.3) is 11.3 Å². The first kappa shape index (κ1) is 26.6. The Labute approximate surface area is 214 Å². The molecular formula is C26H36ClN7O. The molecule has 0 spiro atoms. The molecule has 4 rings (SSSR count). The van der Waals surface area contributed by atoms with Crippen molar-refractivity contribution in [1.29, 1.82) is 0 Å². The quantitative estimate of drug-likeness (QED) is 0.485. The van der Waals surface area contributed by atoms with Gasteiger partial charge in [-0.2, -0.15) is 5.10 Å². The molecule has 1 aromatic carbocycles. The lowest BCUT2D eigenvalue weighted by Crippen LogP contribution is -2.46. The molecule has 1 amide bonds. The van der Waals surface area contributed by atoms with Crippen molar-refractivity contribution >= 4 is 24.1 Å². The van der Waals surface area contributed by atoms with E-state index in [1.54, 1.807) is 12.4 Å². The molecule has 8 nitrogen and oxygen atoms in total. The van der Waals surface area contributed by atoms with Gasteiger partial charge in [-0.25, -0.2) is 4.98 Å². The molecule has 2 aromatic heterocycles. The molecule has 3 aromatic rings. The smallest absolute Gasteiger partial charge is 0.220 e. The predicted octanol–water partition coefficient (Wildman–Crippen LogP) is 3.74. The summed E-state index contributed by atoms with van der Waals surface area (Å²) in [5.41, 5.74) is 5.54. The summed E-state index contributed by atoms with van der Waals surface area (Å²) in [6.07, 6.45) is 8.04. The minimum absolute atomic E-state index is 0. The maximum Gasteiger partial charge on any atom is 0.220 e. The third-order valence-corrected chi connectivity index (χ3v) is 6.56. The molecule has 0 saturated carbocycles. The number of hydrogen-bond donors (Lipinski definition) is 1. The maximum absolute atomic E-state index is 11.9. The Kier molecular flexibility index (Phi) is 9.63. The van der Waals surface area contributed by atoms with Crippen LogP contribution >= 0.6 is 12.4 Å². The van der Waals surface area contributed by atoms with Crippen LogP contribution in [0, 0.1) is 6.92 Å². The zero-order valence-electron chi connectivity index (χ0n) is 20.9. The summed E-state index contributed by atoms with van der Waals surface area (Å²) in [6.45, 7) is 9.46. The van der Waals surface area contributed by atoms with Crippen molar-refractivity contribution in [2.75, 3.05) is 31.1 Å². The molecule has 1 aliphatic heterocycles. The number of halogens is 1. The lowest BCUT2D eigenvalue weighted by atomic mass is 10.1. The Morgan fingerprint density at radius 2 is 1.77 bits per heavy atom. The molecule has 188 valence electrons. The van der Waals surface area contributed by atoms with Gasteiger partial charge in [0.25, 0.3) is 0 Å². The maximum atomic E-state index is 11.9. The number of nitrogens with zero attached hydrogens (tertiary/aromatic N) is 6. The van der Waals surface area contributed by atoms with Crippen LogP contribution in [0.2, 0.25) is 0 Å². The molecule has 3 heterocycles. The van der Waals surface area contributed by atoms with Crippen LogP contribution in [0.1, 0.15) is 43.0 Å². The van der Waals surface area contributed by atoms with Crippen LogP contribution < -0.4 is 10.2 Å². The minimum atomic E-state index is 0. The van der Waals surface area contributed by atoms with E-state index in [-0.39, 0.29) is 18.3 Å². The van der Waals surface area contributed by atoms with Crippen LogP contribution in [0.4, 0.5) is 5.82 Å². The number of anilines is 1. The average molecular weight is 498 g/mol. The number of aryl methyl sites for hydroxylation is 1. The number of unbranched alkanes of at least 4 members (excludes halogenated alkanes) is 1. The highest BCUT2D eigenvalue weighted by atomic mass is 35.5. The number of carbonyl (C=O) groups is 1. The van der Waals surface area contributed by atoms with Crippen LogP contribution in [0.3, 0.4) is 0 Å². The zero-order valence-corrected chi connectivity index (χ0v) is 21.7. The van der Waals surface area contributed by atoms with E-state index in [0.29, 0.717) is 13.0 Å². The second-order valence-corrected chi connectivity index (χ2v) is 8.95. The van der Waals surface area contributed by atoms with E-state index in [1.807, 2.05) is 17.9 Å². The summed E-state index contributed by atoms with van der Waals surface area (Å²) in [6, 6.07) is 8.26. The molecular weight excluding hydrogens is 462 g/mol. The van der Waals surface area contributed by atoms with Gasteiger partial charge in [0, 0.05) is 82.0 Å². The van der Waals surface area contributed by atoms with Gasteiger partial charge in [-0.15, -0.1) is 12.4 Å². The van der Waals surface area contributed by atoms with Crippen molar-refractivity contribution < 1.29 is 4.79 Å². The van der Waals surface area contributed by atoms with Crippen molar-refractivity contribution in [2.45, 2.75) is 46.2 Å². The first-order valence-electron chi connectivity index (χ1n) is 12.2. The Hall–Kier alpha value is -2.97. The Bertz CT molecular complexity index is 1090. The second-order valence-electron chi connectivity index (χ2n) is 8.95. The van der Waals surface area contributed by atoms with Crippen molar-refractivity contribution in [3.8, 4) is 11.3 Å². The average Bonchev–Trinajstić information content (AvgIpc) is 3.19. The summed E-state index contributed by atoms with van der Waals surface area (Å²) in [4.78, 5) is 26.0. The molecule has 9 heteroatoms. The molecule has 0 aliphatic carbocycles. The highest BCUT2D eigenvalue weighted by Crippen LogP contribution is 2.28. The highest BCUT2D eigenvalue weighted by molar-refractivity contribution is 5.85. The molecule has 0 radical (unpaired) electrons. The standard InChI is InChI=1S/C26H35N7O.ClH/c1-4-5-6-24(34)29-17-21-7-9-22(10-8-21)25-26(28-12-11-27-25)33-15-13-32(14-16-33)19-23-18-30-31(3)20(23)2;/h7-12,18H,4-6,13-17,19H2,1-3H3,(H,29,34);1H. The third-order valence-electron chi connectivity index (χ3n) is 6.56. The number of benzene rings is 1. The molecule has 1 N–H and O–H groups in total. The van der Waals surface area contributed by atoms with Crippen molar-refractivity contribution in [1.82, 2.24) is 30.0 Å². The number of nitrogens with one attached hydrogen (secondary N) is 1. The first-order chi connectivity index (χ1) is 16.5. The van der Waals surface area contributed by atoms with Gasteiger partial charge < -0.3 is 10.2 Å². The monoisotopic (exact) mass is 497 g/mol. The fraction of sp³-hybridized carbons (Fsp3) is 0.462. The molecule has 1 saturated heterocycles. The molecule has 35 heavy (non-hydrogen) atoms. The third kappa shape index (κ3) is 6.80. The number of carbonyl (C=O) groups excluding carboxylic acids is 1. The van der Waals surface area contributed by atoms with E-state index in [2.05, 4.69) is 63.3 Å². The van der Waals surface area contributed by atoms with Gasteiger partial charge in [-0.3, -0.25) is 19.4 Å². The Morgan fingerprint density at radius 1 is 1.06 bits per heavy atom. The van der Waals surface area contributed by atoms with Gasteiger partial charge >= 0.3 is 0 Å². The largest absolute Gasteiger partial charge is 0.352 e. The van der Waals surface area contributed by atoms with Crippen LogP contribution in [0.5, 0.6) is 0 Å². The Balaban J connectivity index is 0.00000342. The number of aromatic nitrogens is 4. The van der Waals surface area contributed by atoms with Gasteiger partial charge in [-0.05, 0) is 18.9 Å². The summed E-state index contributed by atoms with van der Waals surface area (Å²) in [7, 11) is 1.99. The summed E-state index contributed by atoms with van der Waals surface area (Å²) in [5.74, 6) is 1.04. The van der Waals surface area contributed by atoms with Crippen LogP contribution in [0.15, 0.2) is 42.9 Å². The highest BCUT2D eigenvalue weighted by Gasteiger charge is 2.22. The van der Waals surface area contributed by atoms with E-state index in [9.17, 15) is 4.79 Å². The fourth-order valence-electron chi connectivity index (χ4n) is 4.23. The van der Waals surface area contributed by atoms with Gasteiger partial charge in [0.05, 0.1) is 6.20 Å². The first-order valence-corrected chi connectivity index (χ1v) is 12.2. The Morgan fingerprint density at radius 3 is 2.43 bits per heavy atom. The van der Waals surface area contributed by atoms with E-state index in [4.69, 9.17) is 4.98 Å². The number of piperazine rings is 1. The number of rotatable bonds is 9. The van der Waals surface area contributed by atoms with Crippen LogP contribution in [-0.2, 0) is 24.9 Å². The fourth-order valence-corrected chi connectivity index (χ4v) is 4.23. The molecule has 0 bridgehead atoms. The van der Waals surface area contributed by atoms with Crippen molar-refractivity contribution in [3.63, 3.8) is 0 Å². The minimum Gasteiger partial charge on any atom is -0.352 e. The van der Waals surface area contributed by atoms with E-state index >= 15 is 0 Å². The lowest BCUT2D eigenvalue weighted by Gasteiger charge is -2.35. The van der Waals surface area contributed by atoms with Crippen LogP contribution in [-0.4, -0.2) is 56.7 Å². The van der Waals surface area contributed by atoms with E-state index in [1.165, 1.54) is 11.3 Å². The molecule has 1 fully saturated rings. The van der Waals surface area contributed by atoms with Gasteiger partial charge in [0.1, 0.15) is 5.69 Å². The predicted molar refractivity (Wildman–Crippen MR) is 142 cm³/mol. The van der Waals surface area contributed by atoms with Gasteiger partial charge in [-0.1, -0.05) is 37.6 Å². The zero-order chi connectivity index (χ0) is 23.9. The van der Waals surface area contributed by atoms with Gasteiger partial charge in [0.2, 0.25) is 5.91 Å². The molecule has 0 unspecified atom stereocenters. The SMILES string of the molecule is CCCCC(=O)NCc1ccc(-c2nccnc2N2CCN(Cc3cnn(C)c3C)CC2)cc1.Cl. The summed E-state index contributed by atoms with van der Waals surface area (Å²) in [5, 5.41) is 7.37. The molecule has 0 atom stereocenters. The lowest BCUT2D eigenvalue weighted by molar-refractivity contribution is -0.121. The summed E-state index contributed by atoms with van der Waals surface area (Å²) < 4.78 is 1.93. The second kappa shape index (κ2) is 12.7. The van der Waals surface area contributed by atoms with Crippen molar-refractivity contribution in [3.05, 3.63) is 59.7 Å². The van der Waals surface area contributed by atoms with Gasteiger partial charge in [0.15, 0.2) is 5.82 Å². The van der Waals surface area contributed by atoms with E-state index in [0.717, 1.165) is 68.2 Å². The normalized spacial score (nSPS) is 14.0. The number of amides is 1. The number of hydrogen-bond acceptors (Lipinski definition) is 6. The summed E-state index contributed by atoms with van der Waals surface area (Å²) >= 11 is 0.